The van der Waals surface area contributed by atoms with Crippen LogP contribution in [-0.2, 0) is 14.3 Å². The molecule has 1 unspecified atom stereocenters. The molecular formula is C34H48ClFN5O5+. The molecule has 0 bridgehead atoms. The number of aliphatic imine (C=N–C) groups is 1. The van der Waals surface area contributed by atoms with Crippen LogP contribution in [-0.4, -0.2) is 114 Å². The number of amides is 3. The normalized spacial score (nSPS) is 17.5. The number of aromatic hydroxyl groups is 1. The highest BCUT2D eigenvalue weighted by atomic mass is 35.5. The standard InChI is InChI=1S/C21H29ClN5O3.C8H7FO.C3H4O.2CH4/c1-6-19(28)25-7-8-26(15(3)10-25)20-17(9-14(2)22)18-13-30-12-16(11-24(4)5)27(18)21(29)23-20;1-2-6-7(9)4-3-5-8(6)10;1-2-3-4;;/h6,9,15H,1,7-8,10-13H2,2-5H3;2-5,10H,1H2;2-3H,1H2;2*1H4/q+1;;;;/b14-9+;;;;. The summed E-state index contributed by atoms with van der Waals surface area (Å²) in [5, 5.41) is 9.57. The fourth-order valence-electron chi connectivity index (χ4n) is 4.74. The van der Waals surface area contributed by atoms with Crippen LogP contribution in [0.2, 0.25) is 0 Å². The lowest BCUT2D eigenvalue weighted by Gasteiger charge is -2.40. The number of carbonyl (C=O) groups excluding carboxylic acids is 3. The van der Waals surface area contributed by atoms with Crippen LogP contribution in [0.1, 0.15) is 34.3 Å². The number of nitrogens with zero attached hydrogens (tertiary/aromatic N) is 5. The third-order valence-electron chi connectivity index (χ3n) is 6.60. The van der Waals surface area contributed by atoms with Gasteiger partial charge in [0.05, 0.1) is 17.7 Å². The summed E-state index contributed by atoms with van der Waals surface area (Å²) in [5.41, 5.74) is 2.54. The number of piperazine rings is 1. The first-order chi connectivity index (χ1) is 20.9. The van der Waals surface area contributed by atoms with Gasteiger partial charge in [0.2, 0.25) is 5.91 Å². The van der Waals surface area contributed by atoms with Crippen molar-refractivity contribution in [2.24, 2.45) is 4.99 Å². The number of carbonyl (C=O) groups is 3. The molecule has 3 aliphatic rings. The molecule has 3 aliphatic heterocycles. The molecule has 0 saturated carbocycles. The SMILES string of the molecule is C.C.C=CC(=O)N1CCN(C2=NC(=O)[N+]3=C(CN(C)C)COCC3=C2/C=C(\C)Cl)C(C)C1.C=CC=O.C=Cc1c(O)cccc1F. The van der Waals surface area contributed by atoms with Crippen molar-refractivity contribution in [1.29, 1.82) is 0 Å². The second-order valence-electron chi connectivity index (χ2n) is 10.2. The maximum absolute atomic E-state index is 13.1. The van der Waals surface area contributed by atoms with E-state index in [1.54, 1.807) is 16.4 Å². The molecule has 1 aromatic rings. The number of urea groups is 1. The minimum Gasteiger partial charge on any atom is -0.507 e. The topological polar surface area (TPSA) is 106 Å². The number of halogens is 2. The molecule has 1 saturated heterocycles. The zero-order chi connectivity index (χ0) is 33.0. The van der Waals surface area contributed by atoms with Crippen LogP contribution in [0.3, 0.4) is 0 Å². The maximum Gasteiger partial charge on any atom is 0.546 e. The van der Waals surface area contributed by atoms with Gasteiger partial charge in [-0.1, -0.05) is 58.3 Å². The highest BCUT2D eigenvalue weighted by Crippen LogP contribution is 2.26. The molecule has 12 heteroatoms. The molecule has 0 radical (unpaired) electrons. The summed E-state index contributed by atoms with van der Waals surface area (Å²) in [7, 11) is 3.90. The lowest BCUT2D eigenvalue weighted by Crippen LogP contribution is -2.56. The second-order valence-corrected chi connectivity index (χ2v) is 10.8. The van der Waals surface area contributed by atoms with Crippen molar-refractivity contribution in [2.75, 3.05) is 53.5 Å². The predicted octanol–water partition coefficient (Wildman–Crippen LogP) is 5.50. The fourth-order valence-corrected chi connectivity index (χ4v) is 4.85. The monoisotopic (exact) mass is 660 g/mol. The first-order valence-electron chi connectivity index (χ1n) is 13.8. The number of aldehydes is 1. The van der Waals surface area contributed by atoms with Crippen LogP contribution >= 0.6 is 11.6 Å². The predicted molar refractivity (Wildman–Crippen MR) is 185 cm³/mol. The lowest BCUT2D eigenvalue weighted by atomic mass is 10.0. The molecule has 10 nitrogen and oxygen atoms in total. The Bertz CT molecular complexity index is 1390. The van der Waals surface area contributed by atoms with Crippen molar-refractivity contribution in [2.45, 2.75) is 34.7 Å². The Morgan fingerprint density at radius 3 is 2.37 bits per heavy atom. The van der Waals surface area contributed by atoms with Gasteiger partial charge in [0.15, 0.2) is 5.70 Å². The highest BCUT2D eigenvalue weighted by molar-refractivity contribution is 6.30. The summed E-state index contributed by atoms with van der Waals surface area (Å²) in [6.07, 6.45) is 6.28. The highest BCUT2D eigenvalue weighted by Gasteiger charge is 2.42. The molecule has 1 fully saturated rings. The lowest BCUT2D eigenvalue weighted by molar-refractivity contribution is -0.391. The van der Waals surface area contributed by atoms with Gasteiger partial charge in [0.25, 0.3) is 5.84 Å². The quantitative estimate of drug-likeness (QED) is 0.244. The van der Waals surface area contributed by atoms with Crippen molar-refractivity contribution in [3.05, 3.63) is 83.8 Å². The van der Waals surface area contributed by atoms with Crippen LogP contribution in [0.4, 0.5) is 9.18 Å². The van der Waals surface area contributed by atoms with E-state index in [1.807, 2.05) is 32.0 Å². The average Bonchev–Trinajstić information content (AvgIpc) is 2.98. The summed E-state index contributed by atoms with van der Waals surface area (Å²) >= 11 is 6.25. The van der Waals surface area contributed by atoms with Crippen LogP contribution < -0.4 is 0 Å². The molecule has 0 spiro atoms. The van der Waals surface area contributed by atoms with Gasteiger partial charge >= 0.3 is 6.03 Å². The van der Waals surface area contributed by atoms with E-state index in [1.165, 1.54) is 36.4 Å². The molecule has 0 aliphatic carbocycles. The van der Waals surface area contributed by atoms with E-state index in [2.05, 4.69) is 29.6 Å². The Morgan fingerprint density at radius 1 is 1.24 bits per heavy atom. The number of amidine groups is 1. The molecule has 1 atom stereocenters. The molecule has 4 rings (SSSR count). The van der Waals surface area contributed by atoms with E-state index < -0.39 is 5.82 Å². The third kappa shape index (κ3) is 11.0. The van der Waals surface area contributed by atoms with Crippen molar-refractivity contribution < 1.29 is 33.2 Å². The molecule has 1 aromatic carbocycles. The molecule has 46 heavy (non-hydrogen) atoms. The average molecular weight is 661 g/mol. The van der Waals surface area contributed by atoms with Gasteiger partial charge in [-0.15, -0.1) is 0 Å². The van der Waals surface area contributed by atoms with Crippen LogP contribution in [0.15, 0.2) is 77.5 Å². The van der Waals surface area contributed by atoms with E-state index in [0.29, 0.717) is 56.5 Å². The van der Waals surface area contributed by atoms with Crippen LogP contribution in [0.5, 0.6) is 5.75 Å². The number of hydrogen-bond acceptors (Lipinski definition) is 7. The van der Waals surface area contributed by atoms with Crippen molar-refractivity contribution >= 4 is 47.4 Å². The van der Waals surface area contributed by atoms with Crippen LogP contribution in [0.25, 0.3) is 6.08 Å². The molecule has 252 valence electrons. The van der Waals surface area contributed by atoms with Gasteiger partial charge in [-0.3, -0.25) is 9.59 Å². The van der Waals surface area contributed by atoms with E-state index in [9.17, 15) is 14.0 Å². The van der Waals surface area contributed by atoms with E-state index in [0.717, 1.165) is 17.0 Å². The van der Waals surface area contributed by atoms with Gasteiger partial charge < -0.3 is 24.5 Å². The summed E-state index contributed by atoms with van der Waals surface area (Å²) < 4.78 is 20.1. The third-order valence-corrected chi connectivity index (χ3v) is 6.71. The maximum atomic E-state index is 13.1. The smallest absolute Gasteiger partial charge is 0.507 e. The minimum atomic E-state index is -0.449. The summed E-state index contributed by atoms with van der Waals surface area (Å²) in [6.45, 7) is 16.8. The van der Waals surface area contributed by atoms with Gasteiger partial charge in [-0.25, -0.2) is 4.39 Å². The van der Waals surface area contributed by atoms with E-state index in [-0.39, 0.29) is 44.1 Å². The van der Waals surface area contributed by atoms with Crippen molar-refractivity contribution in [3.63, 3.8) is 0 Å². The zero-order valence-electron chi connectivity index (χ0n) is 25.6. The van der Waals surface area contributed by atoms with E-state index in [4.69, 9.17) is 26.2 Å². The van der Waals surface area contributed by atoms with Gasteiger partial charge in [0.1, 0.15) is 36.8 Å². The Kier molecular flexibility index (Phi) is 18.2. The van der Waals surface area contributed by atoms with Gasteiger partial charge in [-0.2, -0.15) is 9.37 Å². The Balaban J connectivity index is 0.00000106. The molecule has 3 heterocycles. The number of hydrogen-bond donors (Lipinski definition) is 1. The van der Waals surface area contributed by atoms with Crippen molar-refractivity contribution in [3.8, 4) is 5.75 Å². The number of ether oxygens (including phenoxy) is 1. The first-order valence-corrected chi connectivity index (χ1v) is 14.2. The minimum absolute atomic E-state index is 0. The zero-order valence-corrected chi connectivity index (χ0v) is 26.4. The Labute approximate surface area is 277 Å². The Morgan fingerprint density at radius 2 is 1.89 bits per heavy atom. The largest absolute Gasteiger partial charge is 0.546 e. The summed E-state index contributed by atoms with van der Waals surface area (Å²) in [4.78, 5) is 44.4. The van der Waals surface area contributed by atoms with Crippen LogP contribution in [0, 0.1) is 5.82 Å². The number of phenolic OH excluding ortho intramolecular Hbond substituents is 1. The fraction of sp³-hybridized carbons (Fsp3) is 0.382. The van der Waals surface area contributed by atoms with Gasteiger partial charge in [0, 0.05) is 35.7 Å². The number of allylic oxidation sites excluding steroid dienone is 2. The summed E-state index contributed by atoms with van der Waals surface area (Å²) in [6, 6.07) is 3.80. The van der Waals surface area contributed by atoms with Gasteiger partial charge in [-0.05, 0) is 58.3 Å². The second kappa shape index (κ2) is 20.0. The molecular weight excluding hydrogens is 613 g/mol. The van der Waals surface area contributed by atoms with E-state index >= 15 is 0 Å². The molecule has 3 amide bonds. The number of benzene rings is 1. The summed E-state index contributed by atoms with van der Waals surface area (Å²) in [5.74, 6) is -0.0304. The first kappa shape index (κ1) is 41.8. The molecule has 0 aromatic heterocycles. The number of rotatable bonds is 6. The molecule has 1 N–H and O–H groups in total. The number of phenols is 1. The van der Waals surface area contributed by atoms with Crippen molar-refractivity contribution in [1.82, 2.24) is 14.7 Å². The Hall–Kier alpha value is -4.19. The number of fused-ring (bicyclic) bond motifs is 1.